The van der Waals surface area contributed by atoms with Crippen LogP contribution in [0.2, 0.25) is 0 Å². The number of alkyl halides is 6. The van der Waals surface area contributed by atoms with Crippen LogP contribution >= 0.6 is 0 Å². The van der Waals surface area contributed by atoms with Gasteiger partial charge in [-0.3, -0.25) is 0 Å². The quantitative estimate of drug-likeness (QED) is 0.242. The molecule has 4 rings (SSSR count). The van der Waals surface area contributed by atoms with Crippen molar-refractivity contribution in [2.24, 2.45) is 0 Å². The van der Waals surface area contributed by atoms with Gasteiger partial charge in [0, 0.05) is 31.4 Å². The fourth-order valence-electron chi connectivity index (χ4n) is 4.95. The molecule has 3 aromatic carbocycles. The molecule has 0 spiro atoms. The maximum atomic E-state index is 15.0. The summed E-state index contributed by atoms with van der Waals surface area (Å²) in [6.45, 7) is 0. The molecule has 2 unspecified atom stereocenters. The van der Waals surface area contributed by atoms with Crippen LogP contribution < -0.4 is 20.1 Å². The van der Waals surface area contributed by atoms with E-state index >= 15 is 4.39 Å². The first kappa shape index (κ1) is 30.9. The van der Waals surface area contributed by atoms with Crippen LogP contribution in [0.1, 0.15) is 36.0 Å². The van der Waals surface area contributed by atoms with Gasteiger partial charge in [-0.1, -0.05) is 36.4 Å². The van der Waals surface area contributed by atoms with Crippen LogP contribution in [0.25, 0.3) is 0 Å². The van der Waals surface area contributed by atoms with Crippen molar-refractivity contribution in [2.45, 2.75) is 55.7 Å². The zero-order chi connectivity index (χ0) is 30.7. The Morgan fingerprint density at radius 3 is 2.33 bits per heavy atom. The predicted molar refractivity (Wildman–Crippen MR) is 136 cm³/mol. The highest BCUT2D eigenvalue weighted by Crippen LogP contribution is 2.39. The number of halogens is 8. The average molecular weight is 603 g/mol. The highest BCUT2D eigenvalue weighted by molar-refractivity contribution is 5.76. The lowest BCUT2D eigenvalue weighted by atomic mass is 9.77. The molecule has 0 aliphatic heterocycles. The molecule has 2 atom stereocenters. The highest BCUT2D eigenvalue weighted by atomic mass is 19.3. The van der Waals surface area contributed by atoms with Crippen molar-refractivity contribution in [1.82, 2.24) is 10.6 Å². The molecule has 0 bridgehead atoms. The van der Waals surface area contributed by atoms with Gasteiger partial charge in [-0.2, -0.15) is 17.6 Å². The number of carbonyl (C=O) groups is 1. The Bertz CT molecular complexity index is 1410. The van der Waals surface area contributed by atoms with Crippen molar-refractivity contribution in [3.05, 3.63) is 95.1 Å². The zero-order valence-electron chi connectivity index (χ0n) is 22.1. The van der Waals surface area contributed by atoms with Crippen LogP contribution in [0.4, 0.5) is 39.9 Å². The second-order valence-corrected chi connectivity index (χ2v) is 9.95. The molecule has 42 heavy (non-hydrogen) atoms. The highest BCUT2D eigenvalue weighted by Gasteiger charge is 2.45. The minimum atomic E-state index is -4.99. The van der Waals surface area contributed by atoms with Crippen LogP contribution in [0.15, 0.2) is 66.7 Å². The number of benzene rings is 3. The zero-order valence-corrected chi connectivity index (χ0v) is 22.1. The second kappa shape index (κ2) is 12.1. The van der Waals surface area contributed by atoms with Crippen LogP contribution in [-0.4, -0.2) is 37.6 Å². The summed E-state index contributed by atoms with van der Waals surface area (Å²) in [7, 11) is 1.21. The molecule has 1 saturated carbocycles. The molecule has 2 amide bonds. The van der Waals surface area contributed by atoms with Crippen LogP contribution in [0.3, 0.4) is 0 Å². The third-order valence-corrected chi connectivity index (χ3v) is 6.89. The molecule has 1 aliphatic carbocycles. The Hall–Kier alpha value is -4.03. The summed E-state index contributed by atoms with van der Waals surface area (Å²) in [6.07, 6.45) is -10.6. The topological polar surface area (TPSA) is 59.6 Å². The molecule has 2 N–H and O–H groups in total. The number of nitrogens with one attached hydrogen (secondary N) is 2. The standard InChI is InChI=1S/C29H26F8N2O3/c1-41-24-8-7-18(13-23(24)31)28(15-17-5-3-2-4-6-17,39-26(40)38-21-9-10-27(34,35)16-21)19-11-20(30)14-22(12-19)42-29(36,37)25(32)33/h2-8,11-14,21,25H,9-10,15-16H2,1H3,(H2,38,39,40). The number of carbonyl (C=O) groups excluding carboxylic acids is 1. The second-order valence-electron chi connectivity index (χ2n) is 9.95. The van der Waals surface area contributed by atoms with Gasteiger partial charge < -0.3 is 20.1 Å². The molecule has 226 valence electrons. The average Bonchev–Trinajstić information content (AvgIpc) is 3.25. The number of hydrogen-bond acceptors (Lipinski definition) is 3. The summed E-state index contributed by atoms with van der Waals surface area (Å²) in [4.78, 5) is 13.3. The molecule has 0 heterocycles. The van der Waals surface area contributed by atoms with Crippen LogP contribution in [0.5, 0.6) is 11.5 Å². The van der Waals surface area contributed by atoms with Gasteiger partial charge in [-0.05, 0) is 47.4 Å². The van der Waals surface area contributed by atoms with E-state index in [0.717, 1.165) is 18.2 Å². The van der Waals surface area contributed by atoms with E-state index in [0.29, 0.717) is 11.6 Å². The van der Waals surface area contributed by atoms with E-state index in [1.165, 1.54) is 19.2 Å². The summed E-state index contributed by atoms with van der Waals surface area (Å²) in [5.41, 5.74) is -1.80. The van der Waals surface area contributed by atoms with Crippen molar-refractivity contribution in [2.75, 3.05) is 7.11 Å². The maximum Gasteiger partial charge on any atom is 0.461 e. The molecular weight excluding hydrogens is 576 g/mol. The van der Waals surface area contributed by atoms with E-state index in [1.807, 2.05) is 0 Å². The van der Waals surface area contributed by atoms with E-state index in [4.69, 9.17) is 4.74 Å². The molecule has 0 aromatic heterocycles. The first-order valence-corrected chi connectivity index (χ1v) is 12.7. The lowest BCUT2D eigenvalue weighted by Gasteiger charge is -2.37. The van der Waals surface area contributed by atoms with E-state index < -0.39 is 66.3 Å². The van der Waals surface area contributed by atoms with Gasteiger partial charge in [0.2, 0.25) is 5.92 Å². The molecule has 1 aliphatic rings. The molecule has 0 saturated heterocycles. The fourth-order valence-corrected chi connectivity index (χ4v) is 4.95. The number of rotatable bonds is 10. The number of ether oxygens (including phenoxy) is 2. The molecular formula is C29H26F8N2O3. The molecule has 5 nitrogen and oxygen atoms in total. The minimum absolute atomic E-state index is 0.0336. The van der Waals surface area contributed by atoms with Crippen molar-refractivity contribution >= 4 is 6.03 Å². The van der Waals surface area contributed by atoms with E-state index in [9.17, 15) is 35.5 Å². The van der Waals surface area contributed by atoms with Crippen molar-refractivity contribution in [3.8, 4) is 11.5 Å². The van der Waals surface area contributed by atoms with E-state index in [2.05, 4.69) is 15.4 Å². The molecule has 1 fully saturated rings. The first-order valence-electron chi connectivity index (χ1n) is 12.7. The number of amides is 2. The Morgan fingerprint density at radius 1 is 1.02 bits per heavy atom. The third kappa shape index (κ3) is 7.05. The minimum Gasteiger partial charge on any atom is -0.494 e. The maximum absolute atomic E-state index is 15.0. The lowest BCUT2D eigenvalue weighted by molar-refractivity contribution is -0.253. The van der Waals surface area contributed by atoms with Gasteiger partial charge in [-0.15, -0.1) is 0 Å². The summed E-state index contributed by atoms with van der Waals surface area (Å²) >= 11 is 0. The summed E-state index contributed by atoms with van der Waals surface area (Å²) < 4.78 is 120. The predicted octanol–water partition coefficient (Wildman–Crippen LogP) is 7.18. The monoisotopic (exact) mass is 602 g/mol. The van der Waals surface area contributed by atoms with Gasteiger partial charge in [0.15, 0.2) is 11.6 Å². The number of urea groups is 1. The summed E-state index contributed by atoms with van der Waals surface area (Å²) in [5, 5.41) is 5.05. The first-order chi connectivity index (χ1) is 19.7. The lowest BCUT2D eigenvalue weighted by Crippen LogP contribution is -2.54. The number of hydrogen-bond donors (Lipinski definition) is 2. The summed E-state index contributed by atoms with van der Waals surface area (Å²) in [5.74, 6) is -6.29. The molecule has 0 radical (unpaired) electrons. The SMILES string of the molecule is COc1ccc(C(Cc2ccccc2)(NC(=O)NC2CCC(F)(F)C2)c2cc(F)cc(OC(F)(F)C(F)F)c2)cc1F. The molecule has 13 heteroatoms. The van der Waals surface area contributed by atoms with Crippen LogP contribution in [-0.2, 0) is 12.0 Å². The van der Waals surface area contributed by atoms with Gasteiger partial charge in [0.05, 0.1) is 12.6 Å². The Balaban J connectivity index is 1.88. The molecule has 3 aromatic rings. The Labute approximate surface area is 235 Å². The van der Waals surface area contributed by atoms with Gasteiger partial charge in [0.1, 0.15) is 11.6 Å². The number of methoxy groups -OCH3 is 1. The van der Waals surface area contributed by atoms with Crippen LogP contribution in [0, 0.1) is 11.6 Å². The Kier molecular flexibility index (Phi) is 8.88. The fraction of sp³-hybridized carbons (Fsp3) is 0.345. The van der Waals surface area contributed by atoms with Gasteiger partial charge >= 0.3 is 18.6 Å². The Morgan fingerprint density at radius 2 is 1.74 bits per heavy atom. The summed E-state index contributed by atoms with van der Waals surface area (Å²) in [6, 6.07) is 11.9. The third-order valence-electron chi connectivity index (χ3n) is 6.89. The van der Waals surface area contributed by atoms with Crippen molar-refractivity contribution < 1.29 is 49.4 Å². The van der Waals surface area contributed by atoms with Crippen molar-refractivity contribution in [1.29, 1.82) is 0 Å². The normalized spacial score (nSPS) is 17.9. The van der Waals surface area contributed by atoms with Gasteiger partial charge in [-0.25, -0.2) is 22.4 Å². The van der Waals surface area contributed by atoms with Crippen molar-refractivity contribution in [3.63, 3.8) is 0 Å². The van der Waals surface area contributed by atoms with E-state index in [-0.39, 0.29) is 29.7 Å². The largest absolute Gasteiger partial charge is 0.494 e. The smallest absolute Gasteiger partial charge is 0.461 e. The van der Waals surface area contributed by atoms with Gasteiger partial charge in [0.25, 0.3) is 0 Å². The van der Waals surface area contributed by atoms with E-state index in [1.54, 1.807) is 30.3 Å².